The van der Waals surface area contributed by atoms with E-state index in [1.54, 1.807) is 0 Å². The van der Waals surface area contributed by atoms with Crippen molar-refractivity contribution in [3.8, 4) is 5.69 Å². The Bertz CT molecular complexity index is 793. The Balaban J connectivity index is 1.84. The highest BCUT2D eigenvalue weighted by Crippen LogP contribution is 2.28. The third kappa shape index (κ3) is 4.59. The summed E-state index contributed by atoms with van der Waals surface area (Å²) in [5.74, 6) is -0.0296. The largest absolute Gasteiger partial charge is 0.351 e. The molecule has 2 aromatic rings. The van der Waals surface area contributed by atoms with Gasteiger partial charge in [-0.3, -0.25) is 4.79 Å². The van der Waals surface area contributed by atoms with Crippen LogP contribution in [0.2, 0.25) is 0 Å². The molecule has 0 bridgehead atoms. The maximum absolute atomic E-state index is 13.0. The highest BCUT2D eigenvalue weighted by molar-refractivity contribution is 5.95. The number of aromatic nitrogens is 2. The van der Waals surface area contributed by atoms with E-state index in [2.05, 4.69) is 57.4 Å². The zero-order chi connectivity index (χ0) is 19.7. The van der Waals surface area contributed by atoms with Gasteiger partial charge >= 0.3 is 0 Å². The molecule has 2 heterocycles. The highest BCUT2D eigenvalue weighted by atomic mass is 16.1. The minimum Gasteiger partial charge on any atom is -0.351 e. The number of piperidine rings is 1. The van der Waals surface area contributed by atoms with Gasteiger partial charge in [-0.1, -0.05) is 45.4 Å². The molecule has 2 N–H and O–H groups in total. The van der Waals surface area contributed by atoms with Gasteiger partial charge in [0.2, 0.25) is 0 Å². The molecule has 146 valence electrons. The summed E-state index contributed by atoms with van der Waals surface area (Å²) >= 11 is 0. The van der Waals surface area contributed by atoms with E-state index in [0.717, 1.165) is 37.3 Å². The van der Waals surface area contributed by atoms with E-state index in [1.165, 1.54) is 5.56 Å². The number of nitrogens with zero attached hydrogens (tertiary/aromatic N) is 2. The molecule has 1 amide bonds. The number of rotatable bonds is 4. The van der Waals surface area contributed by atoms with Crippen molar-refractivity contribution < 1.29 is 4.79 Å². The van der Waals surface area contributed by atoms with Crippen molar-refractivity contribution in [3.63, 3.8) is 0 Å². The van der Waals surface area contributed by atoms with E-state index in [9.17, 15) is 4.79 Å². The number of carbonyl (C=O) groups is 1. The standard InChI is InChI=1S/C22H32N4O/c1-16-6-8-17(9-7-16)26-14-18(19(25-26)21(2,3)4)20(27)24-15-22(5)10-12-23-13-11-22/h6-9,14,23H,10-13,15H2,1-5H3,(H,24,27). The second-order valence-electron chi connectivity index (χ2n) is 9.16. The lowest BCUT2D eigenvalue weighted by atomic mass is 9.81. The van der Waals surface area contributed by atoms with Crippen LogP contribution in [0, 0.1) is 12.3 Å². The number of amides is 1. The van der Waals surface area contributed by atoms with Crippen molar-refractivity contribution >= 4 is 5.91 Å². The van der Waals surface area contributed by atoms with Gasteiger partial charge in [-0.05, 0) is 50.4 Å². The molecule has 1 saturated heterocycles. The Morgan fingerprint density at radius 2 is 1.85 bits per heavy atom. The number of benzene rings is 1. The summed E-state index contributed by atoms with van der Waals surface area (Å²) in [6, 6.07) is 8.19. The average Bonchev–Trinajstić information content (AvgIpc) is 3.07. The molecular weight excluding hydrogens is 336 g/mol. The molecule has 1 fully saturated rings. The van der Waals surface area contributed by atoms with Crippen molar-refractivity contribution in [2.24, 2.45) is 5.41 Å². The van der Waals surface area contributed by atoms with E-state index >= 15 is 0 Å². The fourth-order valence-electron chi connectivity index (χ4n) is 3.52. The summed E-state index contributed by atoms with van der Waals surface area (Å²) in [5, 5.41) is 11.3. The van der Waals surface area contributed by atoms with E-state index in [0.29, 0.717) is 12.1 Å². The van der Waals surface area contributed by atoms with Crippen LogP contribution in [0.3, 0.4) is 0 Å². The molecule has 1 aromatic carbocycles. The fourth-order valence-corrected chi connectivity index (χ4v) is 3.52. The second kappa shape index (κ2) is 7.47. The molecule has 1 aromatic heterocycles. The zero-order valence-electron chi connectivity index (χ0n) is 17.2. The molecule has 0 atom stereocenters. The lowest BCUT2D eigenvalue weighted by molar-refractivity contribution is 0.0920. The predicted molar refractivity (Wildman–Crippen MR) is 110 cm³/mol. The molecule has 0 saturated carbocycles. The van der Waals surface area contributed by atoms with Crippen LogP contribution < -0.4 is 10.6 Å². The lowest BCUT2D eigenvalue weighted by Crippen LogP contribution is -2.43. The first-order chi connectivity index (χ1) is 12.7. The summed E-state index contributed by atoms with van der Waals surface area (Å²) in [5.41, 5.74) is 3.62. The van der Waals surface area contributed by atoms with Gasteiger partial charge in [-0.25, -0.2) is 4.68 Å². The average molecular weight is 369 g/mol. The highest BCUT2D eigenvalue weighted by Gasteiger charge is 2.30. The molecule has 0 radical (unpaired) electrons. The van der Waals surface area contributed by atoms with Gasteiger partial charge in [0.25, 0.3) is 5.91 Å². The molecule has 27 heavy (non-hydrogen) atoms. The van der Waals surface area contributed by atoms with Crippen molar-refractivity contribution in [1.82, 2.24) is 20.4 Å². The topological polar surface area (TPSA) is 59.0 Å². The first-order valence-corrected chi connectivity index (χ1v) is 9.84. The fraction of sp³-hybridized carbons (Fsp3) is 0.545. The van der Waals surface area contributed by atoms with Crippen molar-refractivity contribution in [3.05, 3.63) is 47.3 Å². The first kappa shape index (κ1) is 19.6. The minimum atomic E-state index is -0.207. The lowest BCUT2D eigenvalue weighted by Gasteiger charge is -2.34. The molecular formula is C22H32N4O. The van der Waals surface area contributed by atoms with Gasteiger partial charge < -0.3 is 10.6 Å². The normalized spacial score (nSPS) is 16.9. The van der Waals surface area contributed by atoms with Crippen molar-refractivity contribution in [2.75, 3.05) is 19.6 Å². The van der Waals surface area contributed by atoms with Crippen LogP contribution in [0.25, 0.3) is 5.69 Å². The number of carbonyl (C=O) groups excluding carboxylic acids is 1. The SMILES string of the molecule is Cc1ccc(-n2cc(C(=O)NCC3(C)CCNCC3)c(C(C)(C)C)n2)cc1. The van der Waals surface area contributed by atoms with Gasteiger partial charge in [-0.2, -0.15) is 5.10 Å². The number of nitrogens with one attached hydrogen (secondary N) is 2. The summed E-state index contributed by atoms with van der Waals surface area (Å²) in [6.45, 7) is 13.4. The van der Waals surface area contributed by atoms with E-state index in [4.69, 9.17) is 5.10 Å². The van der Waals surface area contributed by atoms with E-state index in [1.807, 2.05) is 23.0 Å². The Hall–Kier alpha value is -2.14. The van der Waals surface area contributed by atoms with Gasteiger partial charge in [0.1, 0.15) is 0 Å². The smallest absolute Gasteiger partial charge is 0.254 e. The van der Waals surface area contributed by atoms with Crippen LogP contribution in [-0.4, -0.2) is 35.3 Å². The van der Waals surface area contributed by atoms with Gasteiger partial charge in [0.15, 0.2) is 0 Å². The summed E-state index contributed by atoms with van der Waals surface area (Å²) in [6.07, 6.45) is 4.04. The van der Waals surface area contributed by atoms with Crippen LogP contribution in [-0.2, 0) is 5.41 Å². The number of hydrogen-bond donors (Lipinski definition) is 2. The Kier molecular flexibility index (Phi) is 5.43. The molecule has 0 spiro atoms. The molecule has 0 unspecified atom stereocenters. The molecule has 3 rings (SSSR count). The first-order valence-electron chi connectivity index (χ1n) is 9.84. The zero-order valence-corrected chi connectivity index (χ0v) is 17.2. The predicted octanol–water partition coefficient (Wildman–Crippen LogP) is 3.60. The van der Waals surface area contributed by atoms with Gasteiger partial charge in [-0.15, -0.1) is 0 Å². The van der Waals surface area contributed by atoms with Gasteiger partial charge in [0.05, 0.1) is 16.9 Å². The van der Waals surface area contributed by atoms with Crippen molar-refractivity contribution in [2.45, 2.75) is 52.9 Å². The van der Waals surface area contributed by atoms with Crippen LogP contribution in [0.4, 0.5) is 0 Å². The Morgan fingerprint density at radius 3 is 2.44 bits per heavy atom. The maximum atomic E-state index is 13.0. The molecule has 0 aliphatic carbocycles. The van der Waals surface area contributed by atoms with Gasteiger partial charge in [0, 0.05) is 18.2 Å². The van der Waals surface area contributed by atoms with Crippen LogP contribution >= 0.6 is 0 Å². The quantitative estimate of drug-likeness (QED) is 0.867. The summed E-state index contributed by atoms with van der Waals surface area (Å²) in [7, 11) is 0. The molecule has 1 aliphatic rings. The second-order valence-corrected chi connectivity index (χ2v) is 9.16. The monoisotopic (exact) mass is 368 g/mol. The summed E-state index contributed by atoms with van der Waals surface area (Å²) in [4.78, 5) is 13.0. The minimum absolute atomic E-state index is 0.0296. The molecule has 5 nitrogen and oxygen atoms in total. The molecule has 1 aliphatic heterocycles. The number of hydrogen-bond acceptors (Lipinski definition) is 3. The van der Waals surface area contributed by atoms with E-state index < -0.39 is 0 Å². The summed E-state index contributed by atoms with van der Waals surface area (Å²) < 4.78 is 1.82. The Morgan fingerprint density at radius 1 is 1.22 bits per heavy atom. The van der Waals surface area contributed by atoms with Crippen LogP contribution in [0.1, 0.15) is 62.2 Å². The van der Waals surface area contributed by atoms with E-state index in [-0.39, 0.29) is 16.7 Å². The van der Waals surface area contributed by atoms with Crippen LogP contribution in [0.15, 0.2) is 30.5 Å². The van der Waals surface area contributed by atoms with Crippen molar-refractivity contribution in [1.29, 1.82) is 0 Å². The third-order valence-corrected chi connectivity index (χ3v) is 5.45. The number of aryl methyl sites for hydroxylation is 1. The Labute approximate surface area is 162 Å². The molecule has 5 heteroatoms. The van der Waals surface area contributed by atoms with Crippen LogP contribution in [0.5, 0.6) is 0 Å². The third-order valence-electron chi connectivity index (χ3n) is 5.45. The maximum Gasteiger partial charge on any atom is 0.254 e.